The minimum atomic E-state index is -0.225. The molecule has 0 saturated heterocycles. The average molecular weight is 444 g/mol. The molecule has 3 heterocycles. The molecular weight excluding hydrogens is 417 g/mol. The standard InChI is InChI=1S/C26H26FN5O/c1-17-12-13-32-26(25(17)20-6-8-21(27)9-7-20)29-24(30-32)11-5-19-4-10-22(23(14-19)33-3)31-15-18(2)28-16-31/h4-11,14-17,25H,12-13H2,1-3H3/b11-5+. The molecule has 0 spiro atoms. The molecule has 0 saturated carbocycles. The molecule has 2 unspecified atom stereocenters. The van der Waals surface area contributed by atoms with Gasteiger partial charge in [-0.05, 0) is 60.7 Å². The van der Waals surface area contributed by atoms with E-state index < -0.39 is 0 Å². The fourth-order valence-electron chi connectivity index (χ4n) is 4.47. The van der Waals surface area contributed by atoms with E-state index in [1.165, 1.54) is 12.1 Å². The van der Waals surface area contributed by atoms with Crippen molar-refractivity contribution in [2.24, 2.45) is 5.92 Å². The zero-order valence-electron chi connectivity index (χ0n) is 18.9. The van der Waals surface area contributed by atoms with Crippen LogP contribution in [0.4, 0.5) is 4.39 Å². The van der Waals surface area contributed by atoms with E-state index in [2.05, 4.69) is 11.9 Å². The zero-order valence-corrected chi connectivity index (χ0v) is 18.9. The predicted molar refractivity (Wildman–Crippen MR) is 126 cm³/mol. The monoisotopic (exact) mass is 443 g/mol. The van der Waals surface area contributed by atoms with Crippen LogP contribution in [0.1, 0.15) is 47.7 Å². The van der Waals surface area contributed by atoms with Gasteiger partial charge in [-0.2, -0.15) is 5.10 Å². The molecule has 0 amide bonds. The van der Waals surface area contributed by atoms with Crippen LogP contribution < -0.4 is 4.74 Å². The Hall–Kier alpha value is -3.74. The summed E-state index contributed by atoms with van der Waals surface area (Å²) in [6, 6.07) is 12.8. The first kappa shape index (κ1) is 21.1. The number of aromatic nitrogens is 5. The van der Waals surface area contributed by atoms with E-state index in [-0.39, 0.29) is 11.7 Å². The maximum atomic E-state index is 13.4. The fourth-order valence-corrected chi connectivity index (χ4v) is 4.47. The van der Waals surface area contributed by atoms with Gasteiger partial charge in [-0.3, -0.25) is 0 Å². The molecule has 2 aromatic carbocycles. The highest BCUT2D eigenvalue weighted by Gasteiger charge is 2.31. The number of aryl methyl sites for hydroxylation is 2. The Bertz CT molecular complexity index is 1300. The molecule has 0 N–H and O–H groups in total. The van der Waals surface area contributed by atoms with Crippen molar-refractivity contribution in [3.05, 3.63) is 89.3 Å². The number of nitrogens with zero attached hydrogens (tertiary/aromatic N) is 5. The van der Waals surface area contributed by atoms with Gasteiger partial charge in [0.2, 0.25) is 0 Å². The largest absolute Gasteiger partial charge is 0.495 e. The lowest BCUT2D eigenvalue weighted by molar-refractivity contribution is 0.347. The predicted octanol–water partition coefficient (Wildman–Crippen LogP) is 5.26. The molecule has 7 heteroatoms. The third kappa shape index (κ3) is 4.18. The number of imidazole rings is 1. The summed E-state index contributed by atoms with van der Waals surface area (Å²) in [7, 11) is 1.66. The van der Waals surface area contributed by atoms with Crippen LogP contribution in [0.3, 0.4) is 0 Å². The highest BCUT2D eigenvalue weighted by atomic mass is 19.1. The van der Waals surface area contributed by atoms with Gasteiger partial charge in [-0.1, -0.05) is 31.2 Å². The number of fused-ring (bicyclic) bond motifs is 1. The molecule has 168 valence electrons. The van der Waals surface area contributed by atoms with E-state index in [4.69, 9.17) is 14.8 Å². The first-order valence-electron chi connectivity index (χ1n) is 11.1. The van der Waals surface area contributed by atoms with Crippen molar-refractivity contribution in [1.82, 2.24) is 24.3 Å². The number of benzene rings is 2. The Kier molecular flexibility index (Phi) is 5.54. The summed E-state index contributed by atoms with van der Waals surface area (Å²) in [5.74, 6) is 2.65. The third-order valence-corrected chi connectivity index (χ3v) is 6.21. The summed E-state index contributed by atoms with van der Waals surface area (Å²) in [6.07, 6.45) is 8.66. The van der Waals surface area contributed by atoms with Gasteiger partial charge in [0.15, 0.2) is 5.82 Å². The second-order valence-corrected chi connectivity index (χ2v) is 8.53. The number of rotatable bonds is 5. The van der Waals surface area contributed by atoms with Crippen LogP contribution in [0.15, 0.2) is 55.0 Å². The molecule has 1 aliphatic rings. The summed E-state index contributed by atoms with van der Waals surface area (Å²) >= 11 is 0. The van der Waals surface area contributed by atoms with E-state index in [1.807, 2.05) is 64.9 Å². The fraction of sp³-hybridized carbons (Fsp3) is 0.269. The molecular formula is C26H26FN5O. The van der Waals surface area contributed by atoms with Gasteiger partial charge in [0.1, 0.15) is 17.4 Å². The van der Waals surface area contributed by atoms with Gasteiger partial charge in [-0.15, -0.1) is 0 Å². The summed E-state index contributed by atoms with van der Waals surface area (Å²) in [5, 5.41) is 4.71. The van der Waals surface area contributed by atoms with E-state index >= 15 is 0 Å². The van der Waals surface area contributed by atoms with Gasteiger partial charge in [0, 0.05) is 18.7 Å². The highest BCUT2D eigenvalue weighted by Crippen LogP contribution is 2.37. The maximum absolute atomic E-state index is 13.4. The van der Waals surface area contributed by atoms with E-state index in [0.717, 1.165) is 47.0 Å². The average Bonchev–Trinajstić information content (AvgIpc) is 3.44. The molecule has 1 aliphatic heterocycles. The zero-order chi connectivity index (χ0) is 22.9. The molecule has 6 nitrogen and oxygen atoms in total. The van der Waals surface area contributed by atoms with Crippen LogP contribution in [0.25, 0.3) is 17.8 Å². The van der Waals surface area contributed by atoms with Gasteiger partial charge in [0.05, 0.1) is 24.8 Å². The Morgan fingerprint density at radius 1 is 1.12 bits per heavy atom. The minimum Gasteiger partial charge on any atom is -0.495 e. The number of hydrogen-bond donors (Lipinski definition) is 0. The summed E-state index contributed by atoms with van der Waals surface area (Å²) < 4.78 is 23.0. The Morgan fingerprint density at radius 3 is 2.67 bits per heavy atom. The molecule has 2 atom stereocenters. The lowest BCUT2D eigenvalue weighted by Gasteiger charge is -2.28. The van der Waals surface area contributed by atoms with Gasteiger partial charge in [0.25, 0.3) is 0 Å². The number of methoxy groups -OCH3 is 1. The Morgan fingerprint density at radius 2 is 1.94 bits per heavy atom. The second-order valence-electron chi connectivity index (χ2n) is 8.53. The smallest absolute Gasteiger partial charge is 0.174 e. The van der Waals surface area contributed by atoms with Crippen molar-refractivity contribution in [2.45, 2.75) is 32.7 Å². The second kappa shape index (κ2) is 8.65. The van der Waals surface area contributed by atoms with Crippen LogP contribution in [0.5, 0.6) is 5.75 Å². The first-order chi connectivity index (χ1) is 16.0. The van der Waals surface area contributed by atoms with Crippen LogP contribution >= 0.6 is 0 Å². The molecule has 0 bridgehead atoms. The van der Waals surface area contributed by atoms with Crippen molar-refractivity contribution < 1.29 is 9.13 Å². The van der Waals surface area contributed by atoms with E-state index in [9.17, 15) is 4.39 Å². The normalized spacial score (nSPS) is 17.9. The van der Waals surface area contributed by atoms with Crippen molar-refractivity contribution >= 4 is 12.2 Å². The van der Waals surface area contributed by atoms with Gasteiger partial charge in [-0.25, -0.2) is 19.0 Å². The summed E-state index contributed by atoms with van der Waals surface area (Å²) in [6.45, 7) is 5.01. The quantitative estimate of drug-likeness (QED) is 0.422. The maximum Gasteiger partial charge on any atom is 0.174 e. The molecule has 0 radical (unpaired) electrons. The lowest BCUT2D eigenvalue weighted by atomic mass is 9.82. The molecule has 4 aromatic rings. The van der Waals surface area contributed by atoms with Gasteiger partial charge < -0.3 is 9.30 Å². The Balaban J connectivity index is 1.42. The van der Waals surface area contributed by atoms with Crippen molar-refractivity contribution in [2.75, 3.05) is 7.11 Å². The van der Waals surface area contributed by atoms with Crippen molar-refractivity contribution in [3.63, 3.8) is 0 Å². The van der Waals surface area contributed by atoms with Crippen LogP contribution in [-0.2, 0) is 6.54 Å². The molecule has 0 fully saturated rings. The summed E-state index contributed by atoms with van der Waals surface area (Å²) in [5.41, 5.74) is 3.94. The lowest BCUT2D eigenvalue weighted by Crippen LogP contribution is -2.24. The van der Waals surface area contributed by atoms with Crippen LogP contribution in [0.2, 0.25) is 0 Å². The topological polar surface area (TPSA) is 57.8 Å². The SMILES string of the molecule is COc1cc(/C=C/c2nc3n(n2)CCC(C)C3c2ccc(F)cc2)ccc1-n1cnc(C)c1. The molecule has 0 aliphatic carbocycles. The molecule has 2 aromatic heterocycles. The number of halogens is 1. The highest BCUT2D eigenvalue weighted by molar-refractivity contribution is 5.69. The molecule has 5 rings (SSSR count). The van der Waals surface area contributed by atoms with Crippen LogP contribution in [-0.4, -0.2) is 31.4 Å². The Labute approximate surface area is 192 Å². The van der Waals surface area contributed by atoms with Crippen LogP contribution in [0, 0.1) is 18.7 Å². The van der Waals surface area contributed by atoms with E-state index in [1.54, 1.807) is 13.4 Å². The van der Waals surface area contributed by atoms with E-state index in [0.29, 0.717) is 11.7 Å². The van der Waals surface area contributed by atoms with Gasteiger partial charge >= 0.3 is 0 Å². The van der Waals surface area contributed by atoms with Crippen molar-refractivity contribution in [1.29, 1.82) is 0 Å². The minimum absolute atomic E-state index is 0.104. The number of hydrogen-bond acceptors (Lipinski definition) is 4. The van der Waals surface area contributed by atoms with Crippen molar-refractivity contribution in [3.8, 4) is 11.4 Å². The number of ether oxygens (including phenoxy) is 1. The third-order valence-electron chi connectivity index (χ3n) is 6.21. The summed E-state index contributed by atoms with van der Waals surface area (Å²) in [4.78, 5) is 9.13. The first-order valence-corrected chi connectivity index (χ1v) is 11.1. The molecule has 33 heavy (non-hydrogen) atoms.